The highest BCUT2D eigenvalue weighted by molar-refractivity contribution is 5.22. The van der Waals surface area contributed by atoms with Crippen molar-refractivity contribution in [2.75, 3.05) is 0 Å². The lowest BCUT2D eigenvalue weighted by atomic mass is 9.53. The molecule has 0 amide bonds. The molecule has 4 saturated carbocycles. The smallest absolute Gasteiger partial charge is 0.0647 e. The quantitative estimate of drug-likeness (QED) is 0.311. The second kappa shape index (κ2) is 8.26. The molecule has 2 aliphatic heterocycles. The average molecular weight is 529 g/mol. The van der Waals surface area contributed by atoms with Crippen LogP contribution in [0.1, 0.15) is 148 Å². The predicted octanol–water partition coefficient (Wildman–Crippen LogP) is 10.1. The number of hydrogen-bond donors (Lipinski definition) is 0. The molecule has 6 aliphatic rings. The molecule has 6 fully saturated rings. The molecular weight excluding hydrogens is 464 g/mol. The van der Waals surface area contributed by atoms with Crippen LogP contribution >= 0.6 is 0 Å². The van der Waals surface area contributed by atoms with E-state index in [4.69, 9.17) is 9.47 Å². The van der Waals surface area contributed by atoms with Crippen LogP contribution in [-0.4, -0.2) is 23.4 Å². The van der Waals surface area contributed by atoms with Crippen LogP contribution in [0, 0.1) is 56.2 Å². The van der Waals surface area contributed by atoms with E-state index < -0.39 is 0 Å². The fourth-order valence-electron chi connectivity index (χ4n) is 13.1. The fraction of sp³-hybridized carbons (Fsp3) is 1.00. The second-order valence-electron chi connectivity index (χ2n) is 18.7. The second-order valence-corrected chi connectivity index (χ2v) is 18.7. The Morgan fingerprint density at radius 1 is 0.474 bits per heavy atom. The van der Waals surface area contributed by atoms with Gasteiger partial charge in [0, 0.05) is 10.8 Å². The average Bonchev–Trinajstić information content (AvgIpc) is 3.32. The molecule has 220 valence electrons. The fourth-order valence-corrected chi connectivity index (χ4v) is 13.1. The van der Waals surface area contributed by atoms with Crippen molar-refractivity contribution in [3.63, 3.8) is 0 Å². The summed E-state index contributed by atoms with van der Waals surface area (Å²) in [6, 6.07) is 0. The van der Waals surface area contributed by atoms with Crippen LogP contribution in [0.3, 0.4) is 0 Å². The van der Waals surface area contributed by atoms with Crippen LogP contribution in [-0.2, 0) is 9.47 Å². The molecular formula is C36H64O2. The van der Waals surface area contributed by atoms with E-state index in [9.17, 15) is 0 Å². The molecule has 0 bridgehead atoms. The van der Waals surface area contributed by atoms with Gasteiger partial charge in [-0.1, -0.05) is 82.1 Å². The monoisotopic (exact) mass is 528 g/mol. The molecule has 8 atom stereocenters. The molecule has 38 heavy (non-hydrogen) atoms. The van der Waals surface area contributed by atoms with Crippen LogP contribution in [0.5, 0.6) is 0 Å². The van der Waals surface area contributed by atoms with Gasteiger partial charge in [0.1, 0.15) is 0 Å². The Hall–Kier alpha value is -0.0800. The third-order valence-electron chi connectivity index (χ3n) is 15.3. The molecule has 2 unspecified atom stereocenters. The van der Waals surface area contributed by atoms with Gasteiger partial charge in [-0.25, -0.2) is 0 Å². The molecule has 2 saturated heterocycles. The van der Waals surface area contributed by atoms with Crippen LogP contribution in [0.2, 0.25) is 0 Å². The summed E-state index contributed by atoms with van der Waals surface area (Å²) in [4.78, 5) is 0. The van der Waals surface area contributed by atoms with E-state index in [2.05, 4.69) is 96.9 Å². The highest BCUT2D eigenvalue weighted by Gasteiger charge is 2.74. The van der Waals surface area contributed by atoms with Crippen molar-refractivity contribution in [2.45, 2.75) is 172 Å². The van der Waals surface area contributed by atoms with Crippen LogP contribution in [0.15, 0.2) is 0 Å². The van der Waals surface area contributed by atoms with Crippen LogP contribution in [0.4, 0.5) is 0 Å². The van der Waals surface area contributed by atoms with E-state index in [1.54, 1.807) is 0 Å². The van der Waals surface area contributed by atoms with Crippen molar-refractivity contribution in [3.05, 3.63) is 0 Å². The Kier molecular flexibility index (Phi) is 6.40. The zero-order valence-electron chi connectivity index (χ0n) is 27.9. The summed E-state index contributed by atoms with van der Waals surface area (Å²) in [6.07, 6.45) is 11.6. The lowest BCUT2D eigenvalue weighted by Crippen LogP contribution is -2.48. The van der Waals surface area contributed by atoms with Crippen molar-refractivity contribution in [1.29, 1.82) is 0 Å². The third kappa shape index (κ3) is 3.50. The zero-order valence-corrected chi connectivity index (χ0v) is 27.9. The Morgan fingerprint density at radius 3 is 1.11 bits per heavy atom. The van der Waals surface area contributed by atoms with Gasteiger partial charge in [-0.15, -0.1) is 0 Å². The lowest BCUT2D eigenvalue weighted by Gasteiger charge is -2.50. The first-order chi connectivity index (χ1) is 17.1. The van der Waals surface area contributed by atoms with Gasteiger partial charge < -0.3 is 9.47 Å². The molecule has 2 heterocycles. The summed E-state index contributed by atoms with van der Waals surface area (Å²) >= 11 is 0. The number of rotatable bonds is 0. The summed E-state index contributed by atoms with van der Waals surface area (Å²) in [7, 11) is 0. The van der Waals surface area contributed by atoms with E-state index >= 15 is 0 Å². The molecule has 0 radical (unpaired) electrons. The summed E-state index contributed by atoms with van der Waals surface area (Å²) in [5, 5.41) is 0. The highest BCUT2D eigenvalue weighted by atomic mass is 16.5. The topological polar surface area (TPSA) is 18.5 Å². The molecule has 0 N–H and O–H groups in total. The van der Waals surface area contributed by atoms with Gasteiger partial charge in [0.15, 0.2) is 0 Å². The van der Waals surface area contributed by atoms with Gasteiger partial charge in [0.05, 0.1) is 23.4 Å². The third-order valence-corrected chi connectivity index (χ3v) is 15.3. The molecule has 0 aromatic rings. The first kappa shape index (κ1) is 29.4. The van der Waals surface area contributed by atoms with E-state index in [-0.39, 0.29) is 11.2 Å². The van der Waals surface area contributed by atoms with Gasteiger partial charge in [0.25, 0.3) is 0 Å². The molecule has 0 aromatic heterocycles. The maximum Gasteiger partial charge on any atom is 0.0647 e. The minimum absolute atomic E-state index is 0.0741. The first-order valence-electron chi connectivity index (χ1n) is 16.5. The summed E-state index contributed by atoms with van der Waals surface area (Å²) in [5.41, 5.74) is 2.66. The van der Waals surface area contributed by atoms with Crippen molar-refractivity contribution in [1.82, 2.24) is 0 Å². The molecule has 4 aliphatic carbocycles. The summed E-state index contributed by atoms with van der Waals surface area (Å²) in [5.74, 6) is 3.21. The van der Waals surface area contributed by atoms with Gasteiger partial charge in [-0.2, -0.15) is 0 Å². The zero-order chi connectivity index (χ0) is 28.5. The Balaban J connectivity index is 0.000000155. The highest BCUT2D eigenvalue weighted by Crippen LogP contribution is 2.77. The van der Waals surface area contributed by atoms with E-state index in [0.29, 0.717) is 44.7 Å². The van der Waals surface area contributed by atoms with Crippen LogP contribution < -0.4 is 0 Å². The van der Waals surface area contributed by atoms with Gasteiger partial charge in [0.2, 0.25) is 0 Å². The van der Waals surface area contributed by atoms with Crippen molar-refractivity contribution >= 4 is 0 Å². The van der Waals surface area contributed by atoms with E-state index in [1.165, 1.54) is 51.4 Å². The van der Waals surface area contributed by atoms with Crippen molar-refractivity contribution in [3.8, 4) is 0 Å². The number of hydrogen-bond acceptors (Lipinski definition) is 2. The van der Waals surface area contributed by atoms with Crippen LogP contribution in [0.25, 0.3) is 0 Å². The van der Waals surface area contributed by atoms with Crippen molar-refractivity contribution in [2.24, 2.45) is 56.2 Å². The first-order valence-corrected chi connectivity index (χ1v) is 16.5. The lowest BCUT2D eigenvalue weighted by molar-refractivity contribution is -0.0917. The molecule has 2 heteroatoms. The maximum atomic E-state index is 6.53. The minimum Gasteiger partial charge on any atom is -0.372 e. The Bertz CT molecular complexity index is 861. The normalized spacial score (nSPS) is 49.7. The standard InChI is InChI=1S/2C18H32O/c2*1-12-16(4,5)13-9-8-10-14-18(13,17(12,6)7)11-15(2,3)19-14/h2*12-14H,8-11H2,1-7H3/t12-,13+,14+,18?;12-,13+,14-,18?/m00/s1. The molecule has 2 nitrogen and oxygen atoms in total. The number of ether oxygens (including phenoxy) is 2. The molecule has 2 spiro atoms. The Labute approximate surface area is 237 Å². The maximum absolute atomic E-state index is 6.53. The van der Waals surface area contributed by atoms with E-state index in [0.717, 1.165) is 23.7 Å². The summed E-state index contributed by atoms with van der Waals surface area (Å²) in [6.45, 7) is 34.4. The minimum atomic E-state index is 0.0741. The molecule has 0 aromatic carbocycles. The van der Waals surface area contributed by atoms with E-state index in [1.807, 2.05) is 0 Å². The predicted molar refractivity (Wildman–Crippen MR) is 160 cm³/mol. The summed E-state index contributed by atoms with van der Waals surface area (Å²) < 4.78 is 13.1. The largest absolute Gasteiger partial charge is 0.372 e. The van der Waals surface area contributed by atoms with Gasteiger partial charge in [-0.3, -0.25) is 0 Å². The molecule has 6 rings (SSSR count). The SMILES string of the molecule is C[C@H]1C(C)(C)[C@H]2CCC[C@@H]3OC(C)(C)CC32C1(C)C.C[C@H]1C(C)(C)[C@H]2CCC[C@H]3OC(C)(C)CC23C1(C)C. The van der Waals surface area contributed by atoms with Crippen molar-refractivity contribution < 1.29 is 9.47 Å². The van der Waals surface area contributed by atoms with Gasteiger partial charge in [-0.05, 0) is 112 Å². The Morgan fingerprint density at radius 2 is 0.789 bits per heavy atom. The van der Waals surface area contributed by atoms with Gasteiger partial charge >= 0.3 is 0 Å².